The molecule has 1 aromatic carbocycles. The second-order valence-electron chi connectivity index (χ2n) is 4.47. The van der Waals surface area contributed by atoms with Gasteiger partial charge in [-0.25, -0.2) is 0 Å². The molecule has 1 aromatic heterocycles. The largest absolute Gasteiger partial charge is 0.447 e. The topological polar surface area (TPSA) is 57.7 Å². The third kappa shape index (κ3) is 1.79. The molecular formula is C15H13NO4. The van der Waals surface area contributed by atoms with Crippen LogP contribution in [0.25, 0.3) is 10.8 Å². The number of pyridine rings is 1. The van der Waals surface area contributed by atoms with Crippen LogP contribution in [0.1, 0.15) is 12.5 Å². The fourth-order valence-electron chi connectivity index (χ4n) is 2.26. The van der Waals surface area contributed by atoms with Crippen LogP contribution in [-0.2, 0) is 4.79 Å². The summed E-state index contributed by atoms with van der Waals surface area (Å²) in [5, 5.41) is 1.51. The number of fused-ring (bicyclic) bond motifs is 3. The number of nitrogens with zero attached hydrogens (tertiary/aromatic N) is 1. The quantitative estimate of drug-likeness (QED) is 0.477. The Balaban J connectivity index is 2.31. The van der Waals surface area contributed by atoms with Crippen LogP contribution in [0.5, 0.6) is 17.2 Å². The van der Waals surface area contributed by atoms with Crippen molar-refractivity contribution >= 4 is 16.7 Å². The molecule has 0 fully saturated rings. The Labute approximate surface area is 115 Å². The minimum Gasteiger partial charge on any atom is -0.447 e. The van der Waals surface area contributed by atoms with Gasteiger partial charge in [-0.05, 0) is 19.1 Å². The first-order chi connectivity index (χ1) is 9.61. The summed E-state index contributed by atoms with van der Waals surface area (Å²) in [6, 6.07) is 1.78. The van der Waals surface area contributed by atoms with Crippen LogP contribution < -0.4 is 14.2 Å². The van der Waals surface area contributed by atoms with Crippen molar-refractivity contribution in [2.45, 2.75) is 20.1 Å². The van der Waals surface area contributed by atoms with Crippen LogP contribution in [0, 0.1) is 6.92 Å². The Morgan fingerprint density at radius 3 is 2.85 bits per heavy atom. The number of rotatable bonds is 2. The second kappa shape index (κ2) is 4.52. The SMILES string of the molecule is C=CC1Oc2c(C)c(OC(C)=O)c3ccncc3c2O1. The highest BCUT2D eigenvalue weighted by molar-refractivity contribution is 5.98. The highest BCUT2D eigenvalue weighted by Gasteiger charge is 2.29. The number of esters is 1. The molecule has 5 heteroatoms. The molecule has 0 radical (unpaired) electrons. The number of hydrogen-bond donors (Lipinski definition) is 0. The summed E-state index contributed by atoms with van der Waals surface area (Å²) in [6.45, 7) is 6.85. The average molecular weight is 271 g/mol. The van der Waals surface area contributed by atoms with E-state index in [1.54, 1.807) is 24.5 Å². The van der Waals surface area contributed by atoms with Gasteiger partial charge in [0.05, 0.1) is 0 Å². The van der Waals surface area contributed by atoms with E-state index in [2.05, 4.69) is 11.6 Å². The summed E-state index contributed by atoms with van der Waals surface area (Å²) in [4.78, 5) is 15.4. The van der Waals surface area contributed by atoms with Crippen LogP contribution in [0.3, 0.4) is 0 Å². The molecular weight excluding hydrogens is 258 g/mol. The van der Waals surface area contributed by atoms with Gasteiger partial charge in [-0.2, -0.15) is 0 Å². The Hall–Kier alpha value is -2.56. The number of carbonyl (C=O) groups is 1. The van der Waals surface area contributed by atoms with Gasteiger partial charge in [0, 0.05) is 35.7 Å². The summed E-state index contributed by atoms with van der Waals surface area (Å²) in [6.07, 6.45) is 4.32. The highest BCUT2D eigenvalue weighted by Crippen LogP contribution is 2.48. The van der Waals surface area contributed by atoms with Crippen LogP contribution in [-0.4, -0.2) is 17.2 Å². The van der Waals surface area contributed by atoms with Gasteiger partial charge in [-0.15, -0.1) is 0 Å². The summed E-state index contributed by atoms with van der Waals surface area (Å²) in [7, 11) is 0. The molecule has 1 unspecified atom stereocenters. The van der Waals surface area contributed by atoms with Crippen molar-refractivity contribution in [2.24, 2.45) is 0 Å². The zero-order valence-electron chi connectivity index (χ0n) is 11.2. The first-order valence-corrected chi connectivity index (χ1v) is 6.16. The number of benzene rings is 1. The van der Waals surface area contributed by atoms with Crippen LogP contribution in [0.15, 0.2) is 31.1 Å². The summed E-state index contributed by atoms with van der Waals surface area (Å²) < 4.78 is 16.7. The molecule has 20 heavy (non-hydrogen) atoms. The van der Waals surface area contributed by atoms with Gasteiger partial charge in [-0.3, -0.25) is 9.78 Å². The third-order valence-corrected chi connectivity index (χ3v) is 3.10. The fraction of sp³-hybridized carbons (Fsp3) is 0.200. The van der Waals surface area contributed by atoms with Crippen molar-refractivity contribution in [1.29, 1.82) is 0 Å². The highest BCUT2D eigenvalue weighted by atomic mass is 16.7. The van der Waals surface area contributed by atoms with E-state index < -0.39 is 6.29 Å². The monoisotopic (exact) mass is 271 g/mol. The zero-order chi connectivity index (χ0) is 14.3. The van der Waals surface area contributed by atoms with E-state index >= 15 is 0 Å². The summed E-state index contributed by atoms with van der Waals surface area (Å²) >= 11 is 0. The van der Waals surface area contributed by atoms with Gasteiger partial charge in [0.25, 0.3) is 6.29 Å². The van der Waals surface area contributed by atoms with E-state index in [9.17, 15) is 4.79 Å². The standard InChI is InChI=1S/C15H13NO4/c1-4-12-19-14-8(2)13(18-9(3)17)10-5-6-16-7-11(10)15(14)20-12/h4-7,12H,1H2,2-3H3. The molecule has 1 aliphatic heterocycles. The van der Waals surface area contributed by atoms with E-state index in [4.69, 9.17) is 14.2 Å². The zero-order valence-corrected chi connectivity index (χ0v) is 11.2. The summed E-state index contributed by atoms with van der Waals surface area (Å²) in [5.41, 5.74) is 0.721. The van der Waals surface area contributed by atoms with E-state index in [0.29, 0.717) is 17.2 Å². The van der Waals surface area contributed by atoms with Crippen molar-refractivity contribution in [1.82, 2.24) is 4.98 Å². The van der Waals surface area contributed by atoms with Gasteiger partial charge in [0.1, 0.15) is 5.75 Å². The molecule has 2 aromatic rings. The Morgan fingerprint density at radius 2 is 2.15 bits per heavy atom. The number of ether oxygens (including phenoxy) is 3. The van der Waals surface area contributed by atoms with Crippen LogP contribution in [0.4, 0.5) is 0 Å². The lowest BCUT2D eigenvalue weighted by Crippen LogP contribution is -2.13. The van der Waals surface area contributed by atoms with E-state index in [1.807, 2.05) is 6.92 Å². The smallest absolute Gasteiger partial charge is 0.308 e. The number of carbonyl (C=O) groups excluding carboxylic acids is 1. The minimum atomic E-state index is -0.542. The lowest BCUT2D eigenvalue weighted by molar-refractivity contribution is -0.131. The van der Waals surface area contributed by atoms with Gasteiger partial charge in [-0.1, -0.05) is 6.58 Å². The summed E-state index contributed by atoms with van der Waals surface area (Å²) in [5.74, 6) is 1.25. The predicted molar refractivity (Wildman–Crippen MR) is 73.0 cm³/mol. The predicted octanol–water partition coefficient (Wildman–Crippen LogP) is 2.75. The van der Waals surface area contributed by atoms with Gasteiger partial charge < -0.3 is 14.2 Å². The first kappa shape index (κ1) is 12.5. The van der Waals surface area contributed by atoms with Crippen molar-refractivity contribution < 1.29 is 19.0 Å². The third-order valence-electron chi connectivity index (χ3n) is 3.10. The van der Waals surface area contributed by atoms with Gasteiger partial charge in [0.15, 0.2) is 11.5 Å². The maximum atomic E-state index is 11.3. The maximum absolute atomic E-state index is 11.3. The van der Waals surface area contributed by atoms with Crippen molar-refractivity contribution in [3.8, 4) is 17.2 Å². The van der Waals surface area contributed by atoms with E-state index in [1.165, 1.54) is 6.92 Å². The Bertz CT molecular complexity index is 723. The van der Waals surface area contributed by atoms with Crippen molar-refractivity contribution in [3.05, 3.63) is 36.7 Å². The molecule has 102 valence electrons. The molecule has 2 heterocycles. The number of aromatic nitrogens is 1. The van der Waals surface area contributed by atoms with E-state index in [0.717, 1.165) is 16.3 Å². The fourth-order valence-corrected chi connectivity index (χ4v) is 2.26. The molecule has 0 spiro atoms. The molecule has 1 atom stereocenters. The van der Waals surface area contributed by atoms with Gasteiger partial charge >= 0.3 is 5.97 Å². The molecule has 1 aliphatic rings. The van der Waals surface area contributed by atoms with Crippen LogP contribution >= 0.6 is 0 Å². The van der Waals surface area contributed by atoms with Crippen molar-refractivity contribution in [3.63, 3.8) is 0 Å². The first-order valence-electron chi connectivity index (χ1n) is 6.16. The molecule has 0 N–H and O–H groups in total. The van der Waals surface area contributed by atoms with Crippen molar-refractivity contribution in [2.75, 3.05) is 0 Å². The van der Waals surface area contributed by atoms with E-state index in [-0.39, 0.29) is 5.97 Å². The molecule has 5 nitrogen and oxygen atoms in total. The Kier molecular flexibility index (Phi) is 2.82. The lowest BCUT2D eigenvalue weighted by atomic mass is 10.1. The molecule has 3 rings (SSSR count). The minimum absolute atomic E-state index is 0.384. The molecule has 0 amide bonds. The number of hydrogen-bond acceptors (Lipinski definition) is 5. The normalized spacial score (nSPS) is 16.2. The Morgan fingerprint density at radius 1 is 1.40 bits per heavy atom. The molecule has 0 saturated carbocycles. The lowest BCUT2D eigenvalue weighted by Gasteiger charge is -2.12. The molecule has 0 bridgehead atoms. The average Bonchev–Trinajstić information content (AvgIpc) is 2.88. The second-order valence-corrected chi connectivity index (χ2v) is 4.47. The molecule has 0 aliphatic carbocycles. The molecule has 0 saturated heterocycles. The maximum Gasteiger partial charge on any atom is 0.308 e. The van der Waals surface area contributed by atoms with Crippen LogP contribution in [0.2, 0.25) is 0 Å². The van der Waals surface area contributed by atoms with Gasteiger partial charge in [0.2, 0.25) is 0 Å².